The van der Waals surface area contributed by atoms with Gasteiger partial charge in [-0.05, 0) is 24.3 Å². The van der Waals surface area contributed by atoms with Crippen molar-refractivity contribution in [2.45, 2.75) is 24.3 Å². The second kappa shape index (κ2) is 7.23. The zero-order chi connectivity index (χ0) is 16.2. The molecule has 2 aromatic rings. The average molecular weight is 345 g/mol. The molecule has 1 N–H and O–H groups in total. The first-order chi connectivity index (χ1) is 10.5. The lowest BCUT2D eigenvalue weighted by Gasteiger charge is -2.16. The van der Waals surface area contributed by atoms with Gasteiger partial charge in [0.05, 0.1) is 6.61 Å². The van der Waals surface area contributed by atoms with Crippen molar-refractivity contribution in [3.8, 4) is 0 Å². The van der Waals surface area contributed by atoms with Crippen molar-refractivity contribution in [3.63, 3.8) is 0 Å². The minimum atomic E-state index is -3.84. The Hall–Kier alpha value is -1.41. The molecule has 0 unspecified atom stereocenters. The number of halogens is 1. The first kappa shape index (κ1) is 17.0. The van der Waals surface area contributed by atoms with Gasteiger partial charge in [-0.1, -0.05) is 18.5 Å². The van der Waals surface area contributed by atoms with Gasteiger partial charge in [0.1, 0.15) is 27.6 Å². The van der Waals surface area contributed by atoms with Crippen LogP contribution in [0.15, 0.2) is 39.8 Å². The Labute approximate surface area is 134 Å². The van der Waals surface area contributed by atoms with E-state index in [0.29, 0.717) is 5.76 Å². The molecule has 2 aromatic heterocycles. The van der Waals surface area contributed by atoms with E-state index in [4.69, 9.17) is 20.8 Å². The highest BCUT2D eigenvalue weighted by atomic mass is 35.5. The standard InChI is InChI=1S/C14H17ClN2O4S/c1-3-10-6-7-12(21-10)11(9-20-2)17-22(18,19)13-5-4-8-16-14(13)15/h4-8,11,17H,3,9H2,1-2H3/t11-/m0/s1. The number of aromatic nitrogens is 1. The van der Waals surface area contributed by atoms with Crippen LogP contribution in [0.5, 0.6) is 0 Å². The van der Waals surface area contributed by atoms with Crippen LogP contribution in [-0.2, 0) is 21.2 Å². The first-order valence-electron chi connectivity index (χ1n) is 6.68. The number of methoxy groups -OCH3 is 1. The SMILES string of the molecule is CCc1ccc([C@H](COC)NS(=O)(=O)c2cccnc2Cl)o1. The fourth-order valence-electron chi connectivity index (χ4n) is 1.94. The second-order valence-electron chi connectivity index (χ2n) is 4.58. The van der Waals surface area contributed by atoms with Crippen LogP contribution in [0.2, 0.25) is 5.15 Å². The molecule has 0 radical (unpaired) electrons. The molecule has 0 spiro atoms. The van der Waals surface area contributed by atoms with E-state index in [-0.39, 0.29) is 16.7 Å². The first-order valence-corrected chi connectivity index (χ1v) is 8.54. The number of aryl methyl sites for hydroxylation is 1. The molecular formula is C14H17ClN2O4S. The summed E-state index contributed by atoms with van der Waals surface area (Å²) in [5.74, 6) is 1.26. The van der Waals surface area contributed by atoms with E-state index in [2.05, 4.69) is 9.71 Å². The summed E-state index contributed by atoms with van der Waals surface area (Å²) in [5, 5.41) is -0.0835. The lowest BCUT2D eigenvalue weighted by molar-refractivity contribution is 0.166. The van der Waals surface area contributed by atoms with Gasteiger partial charge < -0.3 is 9.15 Å². The predicted molar refractivity (Wildman–Crippen MR) is 82.3 cm³/mol. The van der Waals surface area contributed by atoms with Gasteiger partial charge in [-0.3, -0.25) is 0 Å². The Morgan fingerprint density at radius 2 is 2.18 bits per heavy atom. The maximum Gasteiger partial charge on any atom is 0.244 e. The number of nitrogens with zero attached hydrogens (tertiary/aromatic N) is 1. The molecule has 1 atom stereocenters. The minimum Gasteiger partial charge on any atom is -0.464 e. The highest BCUT2D eigenvalue weighted by Crippen LogP contribution is 2.23. The van der Waals surface area contributed by atoms with Crippen LogP contribution in [0.3, 0.4) is 0 Å². The summed E-state index contributed by atoms with van der Waals surface area (Å²) in [6.45, 7) is 2.08. The summed E-state index contributed by atoms with van der Waals surface area (Å²) in [7, 11) is -2.35. The van der Waals surface area contributed by atoms with Gasteiger partial charge >= 0.3 is 0 Å². The Kier molecular flexibility index (Phi) is 5.57. The van der Waals surface area contributed by atoms with Gasteiger partial charge in [-0.15, -0.1) is 0 Å². The molecule has 0 saturated carbocycles. The van der Waals surface area contributed by atoms with E-state index in [9.17, 15) is 8.42 Å². The molecule has 8 heteroatoms. The molecule has 0 aliphatic heterocycles. The van der Waals surface area contributed by atoms with Crippen LogP contribution >= 0.6 is 11.6 Å². The van der Waals surface area contributed by atoms with Gasteiger partial charge in [0.15, 0.2) is 0 Å². The number of hydrogen-bond donors (Lipinski definition) is 1. The predicted octanol–water partition coefficient (Wildman–Crippen LogP) is 2.56. The van der Waals surface area contributed by atoms with E-state index < -0.39 is 16.1 Å². The normalized spacial score (nSPS) is 13.2. The van der Waals surface area contributed by atoms with Crippen LogP contribution in [0.1, 0.15) is 24.5 Å². The number of ether oxygens (including phenoxy) is 1. The van der Waals surface area contributed by atoms with E-state index in [1.807, 2.05) is 13.0 Å². The molecule has 0 amide bonds. The van der Waals surface area contributed by atoms with Crippen molar-refractivity contribution in [1.82, 2.24) is 9.71 Å². The molecule has 22 heavy (non-hydrogen) atoms. The number of nitrogens with one attached hydrogen (secondary N) is 1. The van der Waals surface area contributed by atoms with Crippen LogP contribution in [-0.4, -0.2) is 27.1 Å². The second-order valence-corrected chi connectivity index (χ2v) is 6.62. The molecular weight excluding hydrogens is 328 g/mol. The molecule has 0 aromatic carbocycles. The van der Waals surface area contributed by atoms with E-state index >= 15 is 0 Å². The van der Waals surface area contributed by atoms with Gasteiger partial charge in [0.25, 0.3) is 0 Å². The zero-order valence-electron chi connectivity index (χ0n) is 12.2. The van der Waals surface area contributed by atoms with Crippen LogP contribution in [0.25, 0.3) is 0 Å². The van der Waals surface area contributed by atoms with Crippen molar-refractivity contribution < 1.29 is 17.6 Å². The summed E-state index contributed by atoms with van der Waals surface area (Å²) in [5.41, 5.74) is 0. The molecule has 0 bridgehead atoms. The third kappa shape index (κ3) is 3.86. The monoisotopic (exact) mass is 344 g/mol. The van der Waals surface area contributed by atoms with Gasteiger partial charge in [-0.2, -0.15) is 4.72 Å². The van der Waals surface area contributed by atoms with Crippen LogP contribution in [0.4, 0.5) is 0 Å². The fraction of sp³-hybridized carbons (Fsp3) is 0.357. The number of hydrogen-bond acceptors (Lipinski definition) is 5. The zero-order valence-corrected chi connectivity index (χ0v) is 13.8. The molecule has 2 rings (SSSR count). The third-order valence-corrected chi connectivity index (χ3v) is 4.94. The van der Waals surface area contributed by atoms with Crippen molar-refractivity contribution >= 4 is 21.6 Å². The smallest absolute Gasteiger partial charge is 0.244 e. The van der Waals surface area contributed by atoms with Gasteiger partial charge in [0, 0.05) is 19.7 Å². The van der Waals surface area contributed by atoms with Crippen molar-refractivity contribution in [2.75, 3.05) is 13.7 Å². The fourth-order valence-corrected chi connectivity index (χ4v) is 3.58. The lowest BCUT2D eigenvalue weighted by Crippen LogP contribution is -2.31. The quantitative estimate of drug-likeness (QED) is 0.781. The Morgan fingerprint density at radius 3 is 2.77 bits per heavy atom. The summed E-state index contributed by atoms with van der Waals surface area (Å²) >= 11 is 5.86. The molecule has 6 nitrogen and oxygen atoms in total. The van der Waals surface area contributed by atoms with Crippen LogP contribution < -0.4 is 4.72 Å². The Balaban J connectivity index is 2.29. The minimum absolute atomic E-state index is 0.0833. The van der Waals surface area contributed by atoms with Crippen LogP contribution in [0, 0.1) is 0 Å². The molecule has 0 aliphatic rings. The summed E-state index contributed by atoms with van der Waals surface area (Å²) in [4.78, 5) is 3.70. The molecule has 120 valence electrons. The van der Waals surface area contributed by atoms with Crippen molar-refractivity contribution in [3.05, 3.63) is 47.1 Å². The number of sulfonamides is 1. The lowest BCUT2D eigenvalue weighted by atomic mass is 10.2. The number of rotatable bonds is 7. The molecule has 2 heterocycles. The number of furan rings is 1. The maximum absolute atomic E-state index is 12.5. The van der Waals surface area contributed by atoms with E-state index in [1.54, 1.807) is 6.07 Å². The summed E-state index contributed by atoms with van der Waals surface area (Å²) in [6, 6.07) is 5.79. The van der Waals surface area contributed by atoms with Gasteiger partial charge in [0.2, 0.25) is 10.0 Å². The third-order valence-electron chi connectivity index (χ3n) is 3.02. The average Bonchev–Trinajstić information content (AvgIpc) is 2.96. The van der Waals surface area contributed by atoms with E-state index in [0.717, 1.165) is 12.2 Å². The van der Waals surface area contributed by atoms with E-state index in [1.165, 1.54) is 25.4 Å². The van der Waals surface area contributed by atoms with Gasteiger partial charge in [-0.25, -0.2) is 13.4 Å². The topological polar surface area (TPSA) is 81.4 Å². The maximum atomic E-state index is 12.5. The number of pyridine rings is 1. The van der Waals surface area contributed by atoms with Crippen molar-refractivity contribution in [2.24, 2.45) is 0 Å². The highest BCUT2D eigenvalue weighted by molar-refractivity contribution is 7.89. The molecule has 0 saturated heterocycles. The Bertz CT molecular complexity index is 730. The highest BCUT2D eigenvalue weighted by Gasteiger charge is 2.25. The summed E-state index contributed by atoms with van der Waals surface area (Å²) < 4.78 is 38.1. The molecule has 0 fully saturated rings. The summed E-state index contributed by atoms with van der Waals surface area (Å²) in [6.07, 6.45) is 2.15. The molecule has 0 aliphatic carbocycles. The van der Waals surface area contributed by atoms with Crippen molar-refractivity contribution in [1.29, 1.82) is 0 Å². The Morgan fingerprint density at radius 1 is 1.41 bits per heavy atom. The largest absolute Gasteiger partial charge is 0.464 e.